The summed E-state index contributed by atoms with van der Waals surface area (Å²) in [6, 6.07) is 8.72. The average molecular weight is 387 g/mol. The molecule has 0 bridgehead atoms. The molecule has 0 saturated heterocycles. The van der Waals surface area contributed by atoms with Gasteiger partial charge < -0.3 is 10.4 Å². The Hall–Kier alpha value is -2.77. The van der Waals surface area contributed by atoms with Crippen LogP contribution in [-0.2, 0) is 20.0 Å². The van der Waals surface area contributed by atoms with Gasteiger partial charge in [-0.05, 0) is 36.6 Å². The molecule has 0 aliphatic rings. The number of carbonyl (C=O) groups excluding carboxylic acids is 1. The maximum atomic E-state index is 12.8. The standard InChI is InChI=1S/C19H19ClN4O3/c1-24-16-11-21-14(3-2-8-25)9-15(16)18(26)17(23-24)19(27)22-10-12-4-6-13(20)7-5-12/h4-7,9,11,25H,2-3,8,10H2,1H3,(H,22,27). The summed E-state index contributed by atoms with van der Waals surface area (Å²) in [7, 11) is 1.66. The molecule has 3 aromatic rings. The molecule has 1 aromatic carbocycles. The Bertz CT molecular complexity index is 1030. The van der Waals surface area contributed by atoms with Gasteiger partial charge in [0.2, 0.25) is 5.43 Å². The Morgan fingerprint density at radius 3 is 2.74 bits per heavy atom. The lowest BCUT2D eigenvalue weighted by atomic mass is 10.1. The third-order valence-electron chi connectivity index (χ3n) is 4.17. The molecule has 2 heterocycles. The predicted octanol–water partition coefficient (Wildman–Crippen LogP) is 1.84. The number of benzene rings is 1. The minimum atomic E-state index is -0.541. The van der Waals surface area contributed by atoms with Crippen LogP contribution in [0.3, 0.4) is 0 Å². The highest BCUT2D eigenvalue weighted by Crippen LogP contribution is 2.12. The SMILES string of the molecule is Cn1nc(C(=O)NCc2ccc(Cl)cc2)c(=O)c2cc(CCCO)ncc21. The highest BCUT2D eigenvalue weighted by Gasteiger charge is 2.17. The zero-order chi connectivity index (χ0) is 19.4. The number of rotatable bonds is 6. The van der Waals surface area contributed by atoms with Gasteiger partial charge in [0.25, 0.3) is 5.91 Å². The number of aliphatic hydroxyl groups excluding tert-OH is 1. The van der Waals surface area contributed by atoms with Gasteiger partial charge in [-0.1, -0.05) is 23.7 Å². The summed E-state index contributed by atoms with van der Waals surface area (Å²) in [6.45, 7) is 0.309. The van der Waals surface area contributed by atoms with Gasteiger partial charge >= 0.3 is 0 Å². The van der Waals surface area contributed by atoms with Crippen LogP contribution in [0, 0.1) is 0 Å². The number of aliphatic hydroxyl groups is 1. The smallest absolute Gasteiger partial charge is 0.276 e. The molecule has 0 unspecified atom stereocenters. The highest BCUT2D eigenvalue weighted by molar-refractivity contribution is 6.30. The summed E-state index contributed by atoms with van der Waals surface area (Å²) in [4.78, 5) is 29.6. The van der Waals surface area contributed by atoms with Gasteiger partial charge in [0.05, 0.1) is 17.1 Å². The lowest BCUT2D eigenvalue weighted by Gasteiger charge is -2.09. The van der Waals surface area contributed by atoms with Gasteiger partial charge in [0.15, 0.2) is 5.69 Å². The van der Waals surface area contributed by atoms with Crippen molar-refractivity contribution in [3.05, 3.63) is 68.7 Å². The average Bonchev–Trinajstić information content (AvgIpc) is 2.68. The van der Waals surface area contributed by atoms with E-state index in [1.165, 1.54) is 4.68 Å². The first-order valence-corrected chi connectivity index (χ1v) is 8.87. The van der Waals surface area contributed by atoms with Gasteiger partial charge in [0, 0.05) is 30.9 Å². The van der Waals surface area contributed by atoms with Crippen molar-refractivity contribution in [3.63, 3.8) is 0 Å². The number of halogens is 1. The first-order chi connectivity index (χ1) is 13.0. The van der Waals surface area contributed by atoms with Gasteiger partial charge in [-0.25, -0.2) is 0 Å². The Morgan fingerprint density at radius 2 is 2.04 bits per heavy atom. The summed E-state index contributed by atoms with van der Waals surface area (Å²) in [5, 5.41) is 16.8. The van der Waals surface area contributed by atoms with Crippen LogP contribution in [0.25, 0.3) is 10.9 Å². The van der Waals surface area contributed by atoms with E-state index in [4.69, 9.17) is 16.7 Å². The van der Waals surface area contributed by atoms with Crippen molar-refractivity contribution in [2.24, 2.45) is 7.05 Å². The normalized spacial score (nSPS) is 10.9. The Kier molecular flexibility index (Phi) is 5.83. The Labute approximate surface area is 160 Å². The highest BCUT2D eigenvalue weighted by atomic mass is 35.5. The van der Waals surface area contributed by atoms with Crippen LogP contribution in [0.15, 0.2) is 41.3 Å². The molecule has 0 aliphatic carbocycles. The van der Waals surface area contributed by atoms with Gasteiger partial charge in [-0.2, -0.15) is 5.10 Å². The summed E-state index contributed by atoms with van der Waals surface area (Å²) in [5.41, 5.74) is 1.48. The number of nitrogens with zero attached hydrogens (tertiary/aromatic N) is 3. The molecule has 27 heavy (non-hydrogen) atoms. The number of aryl methyl sites for hydroxylation is 2. The number of amides is 1. The van der Waals surface area contributed by atoms with Crippen molar-refractivity contribution in [2.45, 2.75) is 19.4 Å². The second-order valence-corrected chi connectivity index (χ2v) is 6.57. The van der Waals surface area contributed by atoms with Crippen LogP contribution in [0.5, 0.6) is 0 Å². The van der Waals surface area contributed by atoms with Crippen molar-refractivity contribution in [3.8, 4) is 0 Å². The third-order valence-corrected chi connectivity index (χ3v) is 4.42. The number of aromatic nitrogens is 3. The number of fused-ring (bicyclic) bond motifs is 1. The molecular formula is C19H19ClN4O3. The van der Waals surface area contributed by atoms with Crippen LogP contribution >= 0.6 is 11.6 Å². The van der Waals surface area contributed by atoms with Crippen LogP contribution in [0.1, 0.15) is 28.2 Å². The van der Waals surface area contributed by atoms with E-state index in [0.717, 1.165) is 5.56 Å². The van der Waals surface area contributed by atoms with Gasteiger partial charge in [-0.3, -0.25) is 19.3 Å². The molecule has 8 heteroatoms. The summed E-state index contributed by atoms with van der Waals surface area (Å²) in [5.74, 6) is -0.541. The quantitative estimate of drug-likeness (QED) is 0.673. The van der Waals surface area contributed by atoms with Gasteiger partial charge in [-0.15, -0.1) is 0 Å². The van der Waals surface area contributed by atoms with Crippen molar-refractivity contribution >= 4 is 28.4 Å². The van der Waals surface area contributed by atoms with E-state index in [0.29, 0.717) is 34.5 Å². The number of hydrogen-bond acceptors (Lipinski definition) is 5. The summed E-state index contributed by atoms with van der Waals surface area (Å²) >= 11 is 5.85. The molecule has 0 atom stereocenters. The zero-order valence-electron chi connectivity index (χ0n) is 14.8. The van der Waals surface area contributed by atoms with Crippen molar-refractivity contribution < 1.29 is 9.90 Å². The Balaban J connectivity index is 1.88. The lowest BCUT2D eigenvalue weighted by molar-refractivity contribution is 0.0943. The van der Waals surface area contributed by atoms with E-state index in [-0.39, 0.29) is 18.8 Å². The van der Waals surface area contributed by atoms with E-state index < -0.39 is 11.3 Å². The van der Waals surface area contributed by atoms with Crippen LogP contribution in [0.2, 0.25) is 5.02 Å². The summed E-state index contributed by atoms with van der Waals surface area (Å²) in [6.07, 6.45) is 2.67. The fourth-order valence-corrected chi connectivity index (χ4v) is 2.85. The molecular weight excluding hydrogens is 368 g/mol. The molecule has 0 aliphatic heterocycles. The number of pyridine rings is 1. The first kappa shape index (κ1) is 19.0. The monoisotopic (exact) mass is 386 g/mol. The fourth-order valence-electron chi connectivity index (χ4n) is 2.72. The predicted molar refractivity (Wildman–Crippen MR) is 103 cm³/mol. The Morgan fingerprint density at radius 1 is 1.30 bits per heavy atom. The molecule has 2 N–H and O–H groups in total. The zero-order valence-corrected chi connectivity index (χ0v) is 15.5. The molecule has 0 radical (unpaired) electrons. The molecule has 0 fully saturated rings. The van der Waals surface area contributed by atoms with E-state index in [1.807, 2.05) is 0 Å². The maximum absolute atomic E-state index is 12.8. The minimum absolute atomic E-state index is 0.0480. The second kappa shape index (κ2) is 8.28. The van der Waals surface area contributed by atoms with Crippen molar-refractivity contribution in [2.75, 3.05) is 6.61 Å². The van der Waals surface area contributed by atoms with Crippen molar-refractivity contribution in [1.82, 2.24) is 20.1 Å². The van der Waals surface area contributed by atoms with Crippen LogP contribution in [0.4, 0.5) is 0 Å². The van der Waals surface area contributed by atoms with Crippen molar-refractivity contribution in [1.29, 1.82) is 0 Å². The topological polar surface area (TPSA) is 97.1 Å². The molecule has 1 amide bonds. The molecule has 2 aromatic heterocycles. The first-order valence-electron chi connectivity index (χ1n) is 8.49. The molecule has 7 nitrogen and oxygen atoms in total. The summed E-state index contributed by atoms with van der Waals surface area (Å²) < 4.78 is 1.47. The fraction of sp³-hybridized carbons (Fsp3) is 0.263. The van der Waals surface area contributed by atoms with Crippen LogP contribution in [-0.4, -0.2) is 32.4 Å². The second-order valence-electron chi connectivity index (χ2n) is 6.13. The molecule has 0 spiro atoms. The lowest BCUT2D eigenvalue weighted by Crippen LogP contribution is -2.31. The number of hydrogen-bond donors (Lipinski definition) is 2. The van der Waals surface area contributed by atoms with Crippen LogP contribution < -0.4 is 10.7 Å². The minimum Gasteiger partial charge on any atom is -0.396 e. The van der Waals surface area contributed by atoms with E-state index in [9.17, 15) is 9.59 Å². The number of carbonyl (C=O) groups is 1. The molecule has 3 rings (SSSR count). The number of nitrogens with one attached hydrogen (secondary N) is 1. The maximum Gasteiger partial charge on any atom is 0.276 e. The van der Waals surface area contributed by atoms with Gasteiger partial charge in [0.1, 0.15) is 0 Å². The largest absolute Gasteiger partial charge is 0.396 e. The van der Waals surface area contributed by atoms with E-state index >= 15 is 0 Å². The molecule has 0 saturated carbocycles. The third kappa shape index (κ3) is 4.32. The van der Waals surface area contributed by atoms with E-state index in [2.05, 4.69) is 15.4 Å². The molecule has 140 valence electrons. The van der Waals surface area contributed by atoms with E-state index in [1.54, 1.807) is 43.6 Å².